The minimum absolute atomic E-state index is 0.729. The van der Waals surface area contributed by atoms with Gasteiger partial charge in [-0.15, -0.1) is 0 Å². The molecule has 2 aromatic carbocycles. The summed E-state index contributed by atoms with van der Waals surface area (Å²) >= 11 is 7.70. The second kappa shape index (κ2) is 7.85. The first-order chi connectivity index (χ1) is 14.7. The van der Waals surface area contributed by atoms with Crippen molar-refractivity contribution in [2.24, 2.45) is 7.05 Å². The SMILES string of the molecule is Cn1cc(-c2cc3c(-c4ccc(NSc5ccccc5Cl)cc4)ncnn3c2)cn1. The van der Waals surface area contributed by atoms with E-state index in [1.807, 2.05) is 66.6 Å². The van der Waals surface area contributed by atoms with Crippen LogP contribution in [0.25, 0.3) is 27.9 Å². The summed E-state index contributed by atoms with van der Waals surface area (Å²) in [4.78, 5) is 5.51. The Balaban J connectivity index is 1.41. The fourth-order valence-corrected chi connectivity index (χ4v) is 4.15. The molecule has 0 fully saturated rings. The van der Waals surface area contributed by atoms with Gasteiger partial charge >= 0.3 is 0 Å². The van der Waals surface area contributed by atoms with Crippen LogP contribution >= 0.6 is 23.5 Å². The Hall–Kier alpha value is -3.29. The predicted molar refractivity (Wildman–Crippen MR) is 122 cm³/mol. The number of benzene rings is 2. The maximum Gasteiger partial charge on any atom is 0.137 e. The van der Waals surface area contributed by atoms with Crippen molar-refractivity contribution < 1.29 is 0 Å². The fraction of sp³-hybridized carbons (Fsp3) is 0.0455. The number of hydrogen-bond donors (Lipinski definition) is 1. The first-order valence-corrected chi connectivity index (χ1v) is 10.5. The molecule has 148 valence electrons. The third-order valence-corrected chi connectivity index (χ3v) is 6.07. The van der Waals surface area contributed by atoms with Crippen molar-refractivity contribution >= 4 is 34.8 Å². The number of nitrogens with one attached hydrogen (secondary N) is 1. The van der Waals surface area contributed by atoms with Crippen LogP contribution < -0.4 is 4.72 Å². The van der Waals surface area contributed by atoms with Crippen molar-refractivity contribution in [3.63, 3.8) is 0 Å². The molecule has 30 heavy (non-hydrogen) atoms. The van der Waals surface area contributed by atoms with Gasteiger partial charge in [0.15, 0.2) is 0 Å². The van der Waals surface area contributed by atoms with E-state index in [2.05, 4.69) is 38.1 Å². The number of rotatable bonds is 5. The summed E-state index contributed by atoms with van der Waals surface area (Å²) in [5.41, 5.74) is 5.93. The second-order valence-corrected chi connectivity index (χ2v) is 8.04. The van der Waals surface area contributed by atoms with Gasteiger partial charge in [0.05, 0.1) is 22.4 Å². The molecule has 0 saturated carbocycles. The van der Waals surface area contributed by atoms with E-state index in [1.165, 1.54) is 11.9 Å². The van der Waals surface area contributed by atoms with E-state index in [4.69, 9.17) is 11.6 Å². The summed E-state index contributed by atoms with van der Waals surface area (Å²) in [5, 5.41) is 9.34. The average molecular weight is 433 g/mol. The van der Waals surface area contributed by atoms with Crippen molar-refractivity contribution in [3.8, 4) is 22.4 Å². The molecular weight excluding hydrogens is 416 g/mol. The number of fused-ring (bicyclic) bond motifs is 1. The minimum Gasteiger partial charge on any atom is -0.326 e. The topological polar surface area (TPSA) is 60.0 Å². The molecule has 5 rings (SSSR count). The number of anilines is 1. The lowest BCUT2D eigenvalue weighted by molar-refractivity contribution is 0.768. The summed E-state index contributed by atoms with van der Waals surface area (Å²) in [6.45, 7) is 0. The Morgan fingerprint density at radius 1 is 0.933 bits per heavy atom. The molecule has 0 radical (unpaired) electrons. The van der Waals surface area contributed by atoms with Crippen LogP contribution in [0.15, 0.2) is 84.4 Å². The smallest absolute Gasteiger partial charge is 0.137 e. The van der Waals surface area contributed by atoms with Gasteiger partial charge in [0.25, 0.3) is 0 Å². The molecular formula is C22H17ClN6S. The molecule has 8 heteroatoms. The number of aromatic nitrogens is 5. The third kappa shape index (κ3) is 3.65. The van der Waals surface area contributed by atoms with Crippen LogP contribution in [0.2, 0.25) is 5.02 Å². The number of hydrogen-bond acceptors (Lipinski definition) is 5. The predicted octanol–water partition coefficient (Wildman–Crippen LogP) is 5.57. The second-order valence-electron chi connectivity index (χ2n) is 6.78. The highest BCUT2D eigenvalue weighted by Crippen LogP contribution is 2.30. The average Bonchev–Trinajstić information content (AvgIpc) is 3.39. The maximum absolute atomic E-state index is 6.22. The Labute approximate surface area is 182 Å². The number of aryl methyl sites for hydroxylation is 1. The lowest BCUT2D eigenvalue weighted by Crippen LogP contribution is -1.94. The fourth-order valence-electron chi connectivity index (χ4n) is 3.22. The Bertz CT molecular complexity index is 1330. The number of nitrogens with zero attached hydrogens (tertiary/aromatic N) is 5. The molecule has 0 unspecified atom stereocenters. The molecule has 6 nitrogen and oxygen atoms in total. The first kappa shape index (κ1) is 18.7. The van der Waals surface area contributed by atoms with Crippen molar-refractivity contribution in [2.45, 2.75) is 4.90 Å². The van der Waals surface area contributed by atoms with E-state index in [1.54, 1.807) is 11.0 Å². The van der Waals surface area contributed by atoms with Gasteiger partial charge in [-0.25, -0.2) is 9.50 Å². The molecule has 0 spiro atoms. The molecule has 0 bridgehead atoms. The zero-order valence-electron chi connectivity index (χ0n) is 16.0. The largest absolute Gasteiger partial charge is 0.326 e. The van der Waals surface area contributed by atoms with Gasteiger partial charge in [0.1, 0.15) is 6.33 Å². The van der Waals surface area contributed by atoms with Gasteiger partial charge in [-0.05, 0) is 42.3 Å². The van der Waals surface area contributed by atoms with Crippen molar-refractivity contribution in [3.05, 3.63) is 84.5 Å². The van der Waals surface area contributed by atoms with Crippen molar-refractivity contribution in [1.29, 1.82) is 0 Å². The molecule has 0 amide bonds. The highest BCUT2D eigenvalue weighted by atomic mass is 35.5. The molecule has 0 aliphatic rings. The van der Waals surface area contributed by atoms with Gasteiger partial charge in [-0.1, -0.05) is 35.9 Å². The van der Waals surface area contributed by atoms with Crippen LogP contribution in [0.5, 0.6) is 0 Å². The van der Waals surface area contributed by atoms with Crippen molar-refractivity contribution in [2.75, 3.05) is 4.72 Å². The van der Waals surface area contributed by atoms with E-state index < -0.39 is 0 Å². The van der Waals surface area contributed by atoms with Crippen LogP contribution in [-0.4, -0.2) is 24.4 Å². The van der Waals surface area contributed by atoms with Gasteiger partial charge < -0.3 is 4.72 Å². The molecule has 3 heterocycles. The van der Waals surface area contributed by atoms with Gasteiger partial charge in [0.2, 0.25) is 0 Å². The molecule has 0 aliphatic carbocycles. The Morgan fingerprint density at radius 2 is 1.77 bits per heavy atom. The zero-order valence-corrected chi connectivity index (χ0v) is 17.6. The highest BCUT2D eigenvalue weighted by molar-refractivity contribution is 8.00. The summed E-state index contributed by atoms with van der Waals surface area (Å²) in [6.07, 6.45) is 7.40. The van der Waals surface area contributed by atoms with Crippen molar-refractivity contribution in [1.82, 2.24) is 24.4 Å². The summed E-state index contributed by atoms with van der Waals surface area (Å²) in [7, 11) is 1.91. The lowest BCUT2D eigenvalue weighted by atomic mass is 10.1. The van der Waals surface area contributed by atoms with E-state index in [0.29, 0.717) is 0 Å². The van der Waals surface area contributed by atoms with Crippen LogP contribution in [-0.2, 0) is 7.05 Å². The molecule has 5 aromatic rings. The molecule has 0 aliphatic heterocycles. The van der Waals surface area contributed by atoms with Crippen LogP contribution in [0.1, 0.15) is 0 Å². The lowest BCUT2D eigenvalue weighted by Gasteiger charge is -2.08. The molecule has 0 atom stereocenters. The summed E-state index contributed by atoms with van der Waals surface area (Å²) in [5.74, 6) is 0. The van der Waals surface area contributed by atoms with Gasteiger partial charge in [0, 0.05) is 46.7 Å². The number of halogens is 1. The quantitative estimate of drug-likeness (QED) is 0.368. The normalized spacial score (nSPS) is 11.1. The van der Waals surface area contributed by atoms with Gasteiger partial charge in [-0.3, -0.25) is 4.68 Å². The Kier molecular flexibility index (Phi) is 4.90. The van der Waals surface area contributed by atoms with E-state index >= 15 is 0 Å². The summed E-state index contributed by atoms with van der Waals surface area (Å²) < 4.78 is 6.97. The molecule has 0 saturated heterocycles. The van der Waals surface area contributed by atoms with E-state index in [-0.39, 0.29) is 0 Å². The van der Waals surface area contributed by atoms with Gasteiger partial charge in [-0.2, -0.15) is 10.2 Å². The minimum atomic E-state index is 0.729. The summed E-state index contributed by atoms with van der Waals surface area (Å²) in [6, 6.07) is 18.0. The highest BCUT2D eigenvalue weighted by Gasteiger charge is 2.11. The van der Waals surface area contributed by atoms with E-state index in [0.717, 1.165) is 43.5 Å². The molecule has 1 N–H and O–H groups in total. The van der Waals surface area contributed by atoms with Crippen LogP contribution in [0.3, 0.4) is 0 Å². The third-order valence-electron chi connectivity index (χ3n) is 4.72. The standard InChI is InChI=1S/C22H17ClN6S/c1-28-12-17(11-25-28)16-10-20-22(24-14-26-29(20)13-16)15-6-8-18(9-7-15)27-30-21-5-3-2-4-19(21)23/h2-14,27H,1H3. The first-order valence-electron chi connectivity index (χ1n) is 9.27. The Morgan fingerprint density at radius 3 is 2.53 bits per heavy atom. The maximum atomic E-state index is 6.22. The van der Waals surface area contributed by atoms with Crippen LogP contribution in [0, 0.1) is 0 Å². The molecule has 3 aromatic heterocycles. The van der Waals surface area contributed by atoms with E-state index in [9.17, 15) is 0 Å². The zero-order chi connectivity index (χ0) is 20.5. The van der Waals surface area contributed by atoms with Crippen LogP contribution in [0.4, 0.5) is 5.69 Å². The monoisotopic (exact) mass is 432 g/mol.